The first kappa shape index (κ1) is 16.8. The molecule has 9 heteroatoms. The van der Waals surface area contributed by atoms with Gasteiger partial charge in [-0.2, -0.15) is 18.4 Å². The van der Waals surface area contributed by atoms with Crippen LogP contribution in [0.4, 0.5) is 13.2 Å². The number of hydrogen-bond acceptors (Lipinski definition) is 4. The summed E-state index contributed by atoms with van der Waals surface area (Å²) in [7, 11) is 0. The number of azide groups is 1. The zero-order valence-corrected chi connectivity index (χ0v) is 10.6. The van der Waals surface area contributed by atoms with Crippen LogP contribution in [0.15, 0.2) is 23.3 Å². The molecule has 2 N–H and O–H groups in total. The van der Waals surface area contributed by atoms with Gasteiger partial charge >= 0.3 is 6.18 Å². The molecule has 1 aromatic rings. The minimum atomic E-state index is -4.60. The van der Waals surface area contributed by atoms with E-state index >= 15 is 0 Å². The van der Waals surface area contributed by atoms with Crippen molar-refractivity contribution >= 4 is 0 Å². The topological polar surface area (TPSA) is 113 Å². The monoisotopic (exact) mass is 300 g/mol. The molecule has 0 heterocycles. The molecule has 2 atom stereocenters. The molecule has 0 aromatic heterocycles. The van der Waals surface area contributed by atoms with Gasteiger partial charge in [0.2, 0.25) is 0 Å². The molecular formula is C12H11F3N4O2. The molecule has 1 aromatic carbocycles. The summed E-state index contributed by atoms with van der Waals surface area (Å²) in [6, 6.07) is 3.84. The summed E-state index contributed by atoms with van der Waals surface area (Å²) >= 11 is 0. The number of aliphatic hydroxyl groups excluding tert-OH is 2. The summed E-state index contributed by atoms with van der Waals surface area (Å²) in [4.78, 5) is 2.47. The highest BCUT2D eigenvalue weighted by Gasteiger charge is 2.32. The Kier molecular flexibility index (Phi) is 5.55. The molecule has 2 unspecified atom stereocenters. The van der Waals surface area contributed by atoms with Gasteiger partial charge in [-0.25, -0.2) is 0 Å². The first-order chi connectivity index (χ1) is 9.81. The van der Waals surface area contributed by atoms with Crippen molar-refractivity contribution in [1.82, 2.24) is 0 Å². The predicted octanol–water partition coefficient (Wildman–Crippen LogP) is 2.67. The minimum Gasteiger partial charge on any atom is -0.390 e. The van der Waals surface area contributed by atoms with Gasteiger partial charge in [0.1, 0.15) is 6.10 Å². The van der Waals surface area contributed by atoms with Crippen LogP contribution in [0.3, 0.4) is 0 Å². The minimum absolute atomic E-state index is 0.0861. The average molecular weight is 300 g/mol. The number of benzene rings is 1. The number of nitriles is 1. The molecule has 0 aliphatic heterocycles. The second-order valence-corrected chi connectivity index (χ2v) is 4.17. The van der Waals surface area contributed by atoms with E-state index in [1.54, 1.807) is 6.07 Å². The van der Waals surface area contributed by atoms with E-state index < -0.39 is 23.9 Å². The SMILES string of the molecule is N#Cc1cc(C(F)(F)F)ccc1C(O)C(O)CCN=[N+]=[N-]. The van der Waals surface area contributed by atoms with Crippen molar-refractivity contribution in [2.75, 3.05) is 6.54 Å². The Balaban J connectivity index is 3.02. The van der Waals surface area contributed by atoms with Gasteiger partial charge in [0.05, 0.1) is 23.3 Å². The molecule has 0 bridgehead atoms. The number of alkyl halides is 3. The summed E-state index contributed by atoms with van der Waals surface area (Å²) in [6.07, 6.45) is -7.60. The lowest BCUT2D eigenvalue weighted by Gasteiger charge is -2.19. The van der Waals surface area contributed by atoms with Crippen LogP contribution >= 0.6 is 0 Å². The van der Waals surface area contributed by atoms with Gasteiger partial charge in [0.25, 0.3) is 0 Å². The van der Waals surface area contributed by atoms with E-state index in [1.165, 1.54) is 0 Å². The third kappa shape index (κ3) is 4.36. The maximum Gasteiger partial charge on any atom is 0.416 e. The van der Waals surface area contributed by atoms with E-state index in [0.717, 1.165) is 12.1 Å². The Bertz CT molecular complexity index is 591. The van der Waals surface area contributed by atoms with Crippen molar-refractivity contribution in [3.05, 3.63) is 45.3 Å². The smallest absolute Gasteiger partial charge is 0.390 e. The van der Waals surface area contributed by atoms with Crippen LogP contribution in [-0.4, -0.2) is 22.9 Å². The van der Waals surface area contributed by atoms with Crippen molar-refractivity contribution in [2.24, 2.45) is 5.11 Å². The van der Waals surface area contributed by atoms with Crippen LogP contribution in [-0.2, 0) is 6.18 Å². The predicted molar refractivity (Wildman–Crippen MR) is 65.8 cm³/mol. The molecule has 0 amide bonds. The third-order valence-electron chi connectivity index (χ3n) is 2.77. The summed E-state index contributed by atoms with van der Waals surface area (Å²) < 4.78 is 37.6. The lowest BCUT2D eigenvalue weighted by Crippen LogP contribution is -2.20. The van der Waals surface area contributed by atoms with E-state index in [4.69, 9.17) is 10.8 Å². The summed E-state index contributed by atoms with van der Waals surface area (Å²) in [5.41, 5.74) is 6.59. The molecule has 112 valence electrons. The zero-order chi connectivity index (χ0) is 16.0. The highest BCUT2D eigenvalue weighted by atomic mass is 19.4. The Morgan fingerprint density at radius 1 is 1.38 bits per heavy atom. The molecule has 0 radical (unpaired) electrons. The third-order valence-corrected chi connectivity index (χ3v) is 2.77. The van der Waals surface area contributed by atoms with Gasteiger partial charge in [-0.3, -0.25) is 0 Å². The van der Waals surface area contributed by atoms with Gasteiger partial charge in [-0.05, 0) is 24.1 Å². The molecule has 0 aliphatic rings. The number of aliphatic hydroxyl groups is 2. The zero-order valence-electron chi connectivity index (χ0n) is 10.6. The fourth-order valence-electron chi connectivity index (χ4n) is 1.69. The maximum absolute atomic E-state index is 12.5. The number of rotatable bonds is 5. The van der Waals surface area contributed by atoms with Crippen LogP contribution < -0.4 is 0 Å². The van der Waals surface area contributed by atoms with Crippen molar-refractivity contribution in [3.8, 4) is 6.07 Å². The molecule has 6 nitrogen and oxygen atoms in total. The van der Waals surface area contributed by atoms with Crippen molar-refractivity contribution in [2.45, 2.75) is 24.8 Å². The molecular weight excluding hydrogens is 289 g/mol. The summed E-state index contributed by atoms with van der Waals surface area (Å²) in [5.74, 6) is 0. The van der Waals surface area contributed by atoms with Crippen LogP contribution in [0.5, 0.6) is 0 Å². The van der Waals surface area contributed by atoms with Gasteiger partial charge in [-0.15, -0.1) is 0 Å². The standard InChI is InChI=1S/C12H11F3N4O2/c13-12(14,15)8-1-2-9(7(5-8)6-16)11(21)10(20)3-4-18-19-17/h1-2,5,10-11,20-21H,3-4H2. The largest absolute Gasteiger partial charge is 0.416 e. The molecule has 1 rings (SSSR count). The average Bonchev–Trinajstić information content (AvgIpc) is 2.45. The Morgan fingerprint density at radius 2 is 2.05 bits per heavy atom. The molecule has 0 fully saturated rings. The summed E-state index contributed by atoms with van der Waals surface area (Å²) in [6.45, 7) is -0.0861. The fourth-order valence-corrected chi connectivity index (χ4v) is 1.69. The lowest BCUT2D eigenvalue weighted by molar-refractivity contribution is -0.137. The molecule has 0 aliphatic carbocycles. The van der Waals surface area contributed by atoms with Crippen LogP contribution in [0, 0.1) is 11.3 Å². The van der Waals surface area contributed by atoms with Gasteiger partial charge in [0, 0.05) is 17.0 Å². The molecule has 0 saturated carbocycles. The van der Waals surface area contributed by atoms with E-state index in [1.807, 2.05) is 0 Å². The second-order valence-electron chi connectivity index (χ2n) is 4.17. The second kappa shape index (κ2) is 6.95. The van der Waals surface area contributed by atoms with E-state index in [2.05, 4.69) is 10.0 Å². The number of nitrogens with zero attached hydrogens (tertiary/aromatic N) is 4. The van der Waals surface area contributed by atoms with Gasteiger partial charge < -0.3 is 10.2 Å². The van der Waals surface area contributed by atoms with E-state index in [-0.39, 0.29) is 24.1 Å². The fraction of sp³-hybridized carbons (Fsp3) is 0.417. The first-order valence-corrected chi connectivity index (χ1v) is 5.79. The first-order valence-electron chi connectivity index (χ1n) is 5.79. The molecule has 0 saturated heterocycles. The molecule has 21 heavy (non-hydrogen) atoms. The quantitative estimate of drug-likeness (QED) is 0.495. The van der Waals surface area contributed by atoms with Gasteiger partial charge in [-0.1, -0.05) is 11.2 Å². The van der Waals surface area contributed by atoms with Crippen molar-refractivity contribution in [1.29, 1.82) is 5.26 Å². The van der Waals surface area contributed by atoms with E-state index in [0.29, 0.717) is 6.07 Å². The Morgan fingerprint density at radius 3 is 2.57 bits per heavy atom. The highest BCUT2D eigenvalue weighted by molar-refractivity contribution is 5.43. The molecule has 0 spiro atoms. The van der Waals surface area contributed by atoms with Crippen LogP contribution in [0.2, 0.25) is 0 Å². The van der Waals surface area contributed by atoms with Crippen molar-refractivity contribution in [3.63, 3.8) is 0 Å². The summed E-state index contributed by atoms with van der Waals surface area (Å²) in [5, 5.41) is 31.6. The Labute approximate surface area is 117 Å². The lowest BCUT2D eigenvalue weighted by atomic mass is 9.96. The van der Waals surface area contributed by atoms with Crippen LogP contribution in [0.25, 0.3) is 10.4 Å². The number of hydrogen-bond donors (Lipinski definition) is 2. The van der Waals surface area contributed by atoms with Crippen LogP contribution in [0.1, 0.15) is 29.2 Å². The van der Waals surface area contributed by atoms with Crippen molar-refractivity contribution < 1.29 is 23.4 Å². The maximum atomic E-state index is 12.5. The Hall–Kier alpha value is -2.27. The van der Waals surface area contributed by atoms with E-state index in [9.17, 15) is 23.4 Å². The normalized spacial score (nSPS) is 13.9. The van der Waals surface area contributed by atoms with Gasteiger partial charge in [0.15, 0.2) is 0 Å². The highest BCUT2D eigenvalue weighted by Crippen LogP contribution is 2.32. The number of halogens is 3.